The highest BCUT2D eigenvalue weighted by Crippen LogP contribution is 2.46. The molecule has 5 heteroatoms. The second-order valence-corrected chi connectivity index (χ2v) is 6.63. The van der Waals surface area contributed by atoms with Crippen molar-refractivity contribution in [3.05, 3.63) is 71.8 Å². The number of fused-ring (bicyclic) bond motifs is 1. The second-order valence-electron chi connectivity index (χ2n) is 6.63. The van der Waals surface area contributed by atoms with Gasteiger partial charge in [-0.3, -0.25) is 0 Å². The van der Waals surface area contributed by atoms with Crippen molar-refractivity contribution >= 4 is 22.6 Å². The van der Waals surface area contributed by atoms with Gasteiger partial charge in [0.1, 0.15) is 0 Å². The number of ether oxygens (including phenoxy) is 1. The van der Waals surface area contributed by atoms with Crippen molar-refractivity contribution in [3.63, 3.8) is 0 Å². The maximum absolute atomic E-state index is 11.8. The number of esters is 1. The summed E-state index contributed by atoms with van der Waals surface area (Å²) in [6.07, 6.45) is 0. The molecular formula is C23H19NO4. The second kappa shape index (κ2) is 6.78. The lowest BCUT2D eigenvalue weighted by Gasteiger charge is -2.07. The molecule has 28 heavy (non-hydrogen) atoms. The predicted molar refractivity (Wildman–Crippen MR) is 109 cm³/mol. The number of anilines is 1. The Morgan fingerprint density at radius 3 is 2.64 bits per heavy atom. The topological polar surface area (TPSA) is 85.7 Å². The van der Waals surface area contributed by atoms with Gasteiger partial charge in [0.25, 0.3) is 0 Å². The van der Waals surface area contributed by atoms with Gasteiger partial charge in [-0.15, -0.1) is 0 Å². The highest BCUT2D eigenvalue weighted by Gasteiger charge is 2.23. The van der Waals surface area contributed by atoms with E-state index in [0.717, 1.165) is 21.9 Å². The van der Waals surface area contributed by atoms with Gasteiger partial charge in [-0.2, -0.15) is 0 Å². The van der Waals surface area contributed by atoms with Crippen LogP contribution in [-0.2, 0) is 4.74 Å². The van der Waals surface area contributed by atoms with Crippen LogP contribution in [0.3, 0.4) is 0 Å². The Morgan fingerprint density at radius 1 is 1.07 bits per heavy atom. The zero-order valence-electron chi connectivity index (χ0n) is 15.5. The third-order valence-electron chi connectivity index (χ3n) is 4.73. The highest BCUT2D eigenvalue weighted by atomic mass is 16.5. The third kappa shape index (κ3) is 2.87. The molecular weight excluding hydrogens is 354 g/mol. The summed E-state index contributed by atoms with van der Waals surface area (Å²) in [6.45, 7) is 1.99. The first-order valence-electron chi connectivity index (χ1n) is 8.79. The van der Waals surface area contributed by atoms with Gasteiger partial charge in [0.15, 0.2) is 11.5 Å². The molecule has 0 fully saturated rings. The number of carbonyl (C=O) groups is 1. The first-order chi connectivity index (χ1) is 13.5. The molecule has 5 nitrogen and oxygen atoms in total. The number of aromatic hydroxyl groups is 1. The van der Waals surface area contributed by atoms with Crippen molar-refractivity contribution in [1.82, 2.24) is 0 Å². The standard InChI is InChI=1S/C23H19NO4/c1-13-10-14-6-3-4-9-17(14)18(11-13)21-20(25)19(22(24)28-21)15-7-5-8-16(12-15)23(26)27-2/h3-12,25H,24H2,1-2H3. The lowest BCUT2D eigenvalue weighted by Crippen LogP contribution is -2.00. The average molecular weight is 373 g/mol. The zero-order chi connectivity index (χ0) is 19.8. The van der Waals surface area contributed by atoms with E-state index in [1.165, 1.54) is 7.11 Å². The van der Waals surface area contributed by atoms with E-state index in [1.54, 1.807) is 24.3 Å². The van der Waals surface area contributed by atoms with Gasteiger partial charge in [-0.25, -0.2) is 4.79 Å². The van der Waals surface area contributed by atoms with E-state index >= 15 is 0 Å². The first kappa shape index (κ1) is 17.7. The average Bonchev–Trinajstić information content (AvgIpc) is 3.00. The summed E-state index contributed by atoms with van der Waals surface area (Å²) in [5.41, 5.74) is 9.20. The van der Waals surface area contributed by atoms with E-state index in [4.69, 9.17) is 14.9 Å². The molecule has 4 rings (SSSR count). The van der Waals surface area contributed by atoms with E-state index in [-0.39, 0.29) is 11.6 Å². The molecule has 0 saturated heterocycles. The fraction of sp³-hybridized carbons (Fsp3) is 0.0870. The van der Waals surface area contributed by atoms with Crippen LogP contribution >= 0.6 is 0 Å². The molecule has 0 saturated carbocycles. The van der Waals surface area contributed by atoms with Crippen LogP contribution in [0, 0.1) is 6.92 Å². The predicted octanol–water partition coefficient (Wildman–Crippen LogP) is 5.15. The number of carbonyl (C=O) groups excluding carboxylic acids is 1. The van der Waals surface area contributed by atoms with Gasteiger partial charge in [0.05, 0.1) is 18.2 Å². The highest BCUT2D eigenvalue weighted by molar-refractivity contribution is 6.00. The number of nitrogen functional groups attached to an aromatic ring is 1. The Labute approximate surface area is 162 Å². The van der Waals surface area contributed by atoms with Crippen LogP contribution in [0.5, 0.6) is 5.75 Å². The summed E-state index contributed by atoms with van der Waals surface area (Å²) < 4.78 is 10.6. The van der Waals surface area contributed by atoms with Crippen LogP contribution in [0.4, 0.5) is 5.88 Å². The molecule has 0 aliphatic carbocycles. The monoisotopic (exact) mass is 373 g/mol. The van der Waals surface area contributed by atoms with E-state index in [9.17, 15) is 9.90 Å². The molecule has 4 aromatic rings. The molecule has 0 aliphatic rings. The molecule has 140 valence electrons. The lowest BCUT2D eigenvalue weighted by atomic mass is 9.98. The van der Waals surface area contributed by atoms with Crippen molar-refractivity contribution in [3.8, 4) is 28.2 Å². The van der Waals surface area contributed by atoms with Crippen molar-refractivity contribution in [1.29, 1.82) is 0 Å². The number of hydrogen-bond donors (Lipinski definition) is 2. The molecule has 0 amide bonds. The summed E-state index contributed by atoms with van der Waals surface area (Å²) in [4.78, 5) is 11.8. The number of aryl methyl sites for hydroxylation is 1. The normalized spacial score (nSPS) is 10.9. The van der Waals surface area contributed by atoms with E-state index in [2.05, 4.69) is 6.07 Å². The van der Waals surface area contributed by atoms with Crippen LogP contribution in [0.15, 0.2) is 65.1 Å². The van der Waals surface area contributed by atoms with Gasteiger partial charge < -0.3 is 20.0 Å². The largest absolute Gasteiger partial charge is 0.504 e. The van der Waals surface area contributed by atoms with E-state index < -0.39 is 5.97 Å². The fourth-order valence-electron chi connectivity index (χ4n) is 3.47. The number of methoxy groups -OCH3 is 1. The Bertz CT molecular complexity index is 1210. The number of nitrogens with two attached hydrogens (primary N) is 1. The summed E-state index contributed by atoms with van der Waals surface area (Å²) >= 11 is 0. The van der Waals surface area contributed by atoms with Crippen molar-refractivity contribution in [2.45, 2.75) is 6.92 Å². The van der Waals surface area contributed by atoms with E-state index in [0.29, 0.717) is 22.5 Å². The molecule has 0 unspecified atom stereocenters. The Kier molecular flexibility index (Phi) is 4.28. The minimum atomic E-state index is -0.465. The third-order valence-corrected chi connectivity index (χ3v) is 4.73. The SMILES string of the molecule is COC(=O)c1cccc(-c2c(N)oc(-c3cc(C)cc4ccccc34)c2O)c1. The lowest BCUT2D eigenvalue weighted by molar-refractivity contribution is 0.0601. The molecule has 3 N–H and O–H groups in total. The molecule has 3 aromatic carbocycles. The number of furan rings is 1. The minimum absolute atomic E-state index is 0.0599. The van der Waals surface area contributed by atoms with Gasteiger partial charge in [0, 0.05) is 5.56 Å². The minimum Gasteiger partial charge on any atom is -0.504 e. The number of hydrogen-bond acceptors (Lipinski definition) is 5. The zero-order valence-corrected chi connectivity index (χ0v) is 15.5. The maximum Gasteiger partial charge on any atom is 0.337 e. The molecule has 0 spiro atoms. The summed E-state index contributed by atoms with van der Waals surface area (Å²) in [6, 6.07) is 18.6. The Morgan fingerprint density at radius 2 is 1.86 bits per heavy atom. The molecule has 0 bridgehead atoms. The Balaban J connectivity index is 1.92. The van der Waals surface area contributed by atoms with Crippen LogP contribution in [0.2, 0.25) is 0 Å². The van der Waals surface area contributed by atoms with Gasteiger partial charge in [-0.1, -0.05) is 42.5 Å². The van der Waals surface area contributed by atoms with Gasteiger partial charge >= 0.3 is 5.97 Å². The first-order valence-corrected chi connectivity index (χ1v) is 8.79. The van der Waals surface area contributed by atoms with Crippen LogP contribution < -0.4 is 5.73 Å². The number of benzene rings is 3. The Hall–Kier alpha value is -3.73. The van der Waals surface area contributed by atoms with Gasteiger partial charge in [-0.05, 0) is 47.0 Å². The maximum atomic E-state index is 11.8. The summed E-state index contributed by atoms with van der Waals surface area (Å²) in [7, 11) is 1.32. The van der Waals surface area contributed by atoms with Crippen LogP contribution in [-0.4, -0.2) is 18.2 Å². The van der Waals surface area contributed by atoms with E-state index in [1.807, 2.05) is 37.3 Å². The summed E-state index contributed by atoms with van der Waals surface area (Å²) in [5, 5.41) is 13.0. The molecule has 1 aromatic heterocycles. The summed E-state index contributed by atoms with van der Waals surface area (Å²) in [5.74, 6) is -0.139. The van der Waals surface area contributed by atoms with Crippen LogP contribution in [0.1, 0.15) is 15.9 Å². The quantitative estimate of drug-likeness (QED) is 0.485. The van der Waals surface area contributed by atoms with Crippen molar-refractivity contribution in [2.24, 2.45) is 0 Å². The fourth-order valence-corrected chi connectivity index (χ4v) is 3.47. The number of rotatable bonds is 3. The molecule has 1 heterocycles. The van der Waals surface area contributed by atoms with Crippen molar-refractivity contribution < 1.29 is 19.1 Å². The molecule has 0 aliphatic heterocycles. The smallest absolute Gasteiger partial charge is 0.337 e. The van der Waals surface area contributed by atoms with Gasteiger partial charge in [0.2, 0.25) is 5.88 Å². The molecule has 0 atom stereocenters. The van der Waals surface area contributed by atoms with Crippen molar-refractivity contribution in [2.75, 3.05) is 12.8 Å². The molecule has 0 radical (unpaired) electrons. The van der Waals surface area contributed by atoms with Crippen LogP contribution in [0.25, 0.3) is 33.2 Å².